The van der Waals surface area contributed by atoms with Crippen molar-refractivity contribution in [2.75, 3.05) is 32.7 Å². The summed E-state index contributed by atoms with van der Waals surface area (Å²) in [5.74, 6) is -0.914. The monoisotopic (exact) mass is 428 g/mol. The number of nitrogens with one attached hydrogen (secondary N) is 2. The molecule has 4 amide bonds. The third-order valence-electron chi connectivity index (χ3n) is 4.90. The normalized spacial score (nSPS) is 16.3. The van der Waals surface area contributed by atoms with Gasteiger partial charge in [-0.2, -0.15) is 13.2 Å². The lowest BCUT2D eigenvalue weighted by molar-refractivity contribution is -0.138. The van der Waals surface area contributed by atoms with Gasteiger partial charge in [0.2, 0.25) is 5.91 Å². The molecule has 0 aromatic heterocycles. The molecular weight excluding hydrogens is 401 g/mol. The van der Waals surface area contributed by atoms with E-state index < -0.39 is 35.6 Å². The Bertz CT molecular complexity index is 775. The van der Waals surface area contributed by atoms with Crippen LogP contribution in [0.2, 0.25) is 0 Å². The van der Waals surface area contributed by atoms with Gasteiger partial charge in [0.1, 0.15) is 0 Å². The van der Waals surface area contributed by atoms with Gasteiger partial charge in [-0.05, 0) is 25.0 Å². The number of amides is 4. The average Bonchev–Trinajstić information content (AvgIpc) is 2.70. The van der Waals surface area contributed by atoms with Crippen LogP contribution in [0.15, 0.2) is 24.3 Å². The number of carbonyl (C=O) groups excluding carboxylic acids is 3. The zero-order valence-corrected chi connectivity index (χ0v) is 17.3. The maximum Gasteiger partial charge on any atom is 0.417 e. The third-order valence-corrected chi connectivity index (χ3v) is 4.90. The Labute approximate surface area is 173 Å². The van der Waals surface area contributed by atoms with E-state index in [1.807, 2.05) is 13.8 Å². The molecule has 1 aliphatic heterocycles. The molecule has 0 saturated carbocycles. The molecule has 1 aliphatic rings. The summed E-state index contributed by atoms with van der Waals surface area (Å²) in [6.45, 7) is 6.92. The third kappa shape index (κ3) is 6.19. The summed E-state index contributed by atoms with van der Waals surface area (Å²) in [4.78, 5) is 39.8. The minimum Gasteiger partial charge on any atom is -0.338 e. The van der Waals surface area contributed by atoms with Gasteiger partial charge >= 0.3 is 12.2 Å². The number of alkyl halides is 3. The van der Waals surface area contributed by atoms with Gasteiger partial charge in [-0.25, -0.2) is 4.79 Å². The summed E-state index contributed by atoms with van der Waals surface area (Å²) < 4.78 is 39.5. The molecule has 1 saturated heterocycles. The van der Waals surface area contributed by atoms with Crippen molar-refractivity contribution >= 4 is 17.8 Å². The van der Waals surface area contributed by atoms with Gasteiger partial charge in [0.05, 0.1) is 17.2 Å². The molecule has 1 aromatic rings. The maximum atomic E-state index is 13.2. The quantitative estimate of drug-likeness (QED) is 0.754. The summed E-state index contributed by atoms with van der Waals surface area (Å²) in [5, 5.41) is 4.87. The zero-order chi connectivity index (χ0) is 22.5. The standard InChI is InChI=1S/C20H27F3N4O3/c1-13(2)12-24-19(30)25-17(28)14(3)26-8-10-27(11-9-26)18(29)15-6-4-5-7-16(15)20(21,22)23/h4-7,13-14H,8-12H2,1-3H3,(H2,24,25,28,30). The molecule has 2 N–H and O–H groups in total. The van der Waals surface area contributed by atoms with Gasteiger partial charge in [-0.15, -0.1) is 0 Å². The fourth-order valence-electron chi connectivity index (χ4n) is 3.12. The summed E-state index contributed by atoms with van der Waals surface area (Å²) in [7, 11) is 0. The van der Waals surface area contributed by atoms with Crippen LogP contribution in [0.25, 0.3) is 0 Å². The van der Waals surface area contributed by atoms with Crippen molar-refractivity contribution in [3.63, 3.8) is 0 Å². The molecule has 1 unspecified atom stereocenters. The van der Waals surface area contributed by atoms with E-state index in [2.05, 4.69) is 10.6 Å². The van der Waals surface area contributed by atoms with Crippen LogP contribution in [-0.4, -0.2) is 66.4 Å². The van der Waals surface area contributed by atoms with E-state index in [-0.39, 0.29) is 24.6 Å². The molecule has 2 rings (SSSR count). The fraction of sp³-hybridized carbons (Fsp3) is 0.550. The molecule has 7 nitrogen and oxygen atoms in total. The van der Waals surface area contributed by atoms with Gasteiger partial charge in [-0.1, -0.05) is 26.0 Å². The first-order valence-corrected chi connectivity index (χ1v) is 9.79. The zero-order valence-electron chi connectivity index (χ0n) is 17.3. The minimum absolute atomic E-state index is 0.183. The summed E-state index contributed by atoms with van der Waals surface area (Å²) in [6, 6.07) is 3.52. The predicted octanol–water partition coefficient (Wildman–Crippen LogP) is 2.33. The van der Waals surface area contributed by atoms with Gasteiger partial charge in [-0.3, -0.25) is 19.8 Å². The number of urea groups is 1. The molecule has 0 radical (unpaired) electrons. The highest BCUT2D eigenvalue weighted by atomic mass is 19.4. The van der Waals surface area contributed by atoms with Crippen LogP contribution in [0.5, 0.6) is 0 Å². The number of nitrogens with zero attached hydrogens (tertiary/aromatic N) is 2. The van der Waals surface area contributed by atoms with Crippen LogP contribution in [0.3, 0.4) is 0 Å². The SMILES string of the molecule is CC(C)CNC(=O)NC(=O)C(C)N1CCN(C(=O)c2ccccc2C(F)(F)F)CC1. The second-order valence-corrected chi connectivity index (χ2v) is 7.64. The molecule has 0 aliphatic carbocycles. The Morgan fingerprint density at radius 1 is 1.03 bits per heavy atom. The summed E-state index contributed by atoms with van der Waals surface area (Å²) in [6.07, 6.45) is -4.61. The smallest absolute Gasteiger partial charge is 0.338 e. The van der Waals surface area contributed by atoms with Gasteiger partial charge in [0, 0.05) is 32.7 Å². The molecule has 1 heterocycles. The van der Waals surface area contributed by atoms with E-state index in [4.69, 9.17) is 0 Å². The number of hydrogen-bond donors (Lipinski definition) is 2. The van der Waals surface area contributed by atoms with Crippen LogP contribution < -0.4 is 10.6 Å². The summed E-state index contributed by atoms with van der Waals surface area (Å²) in [5.41, 5.74) is -1.34. The topological polar surface area (TPSA) is 81.8 Å². The number of hydrogen-bond acceptors (Lipinski definition) is 4. The van der Waals surface area contributed by atoms with E-state index in [0.29, 0.717) is 19.6 Å². The molecule has 1 atom stereocenters. The lowest BCUT2D eigenvalue weighted by Gasteiger charge is -2.37. The first-order valence-electron chi connectivity index (χ1n) is 9.79. The Kier molecular flexibility index (Phi) is 7.83. The lowest BCUT2D eigenvalue weighted by atomic mass is 10.1. The van der Waals surface area contributed by atoms with Crippen molar-refractivity contribution in [1.29, 1.82) is 0 Å². The molecule has 0 spiro atoms. The van der Waals surface area contributed by atoms with Crippen LogP contribution in [0.1, 0.15) is 36.7 Å². The van der Waals surface area contributed by atoms with Crippen molar-refractivity contribution in [2.45, 2.75) is 33.0 Å². The Morgan fingerprint density at radius 2 is 1.63 bits per heavy atom. The average molecular weight is 428 g/mol. The van der Waals surface area contributed by atoms with E-state index >= 15 is 0 Å². The highest BCUT2D eigenvalue weighted by molar-refractivity contribution is 5.97. The second kappa shape index (κ2) is 9.92. The molecule has 1 aromatic carbocycles. The number of rotatable bonds is 5. The van der Waals surface area contributed by atoms with Crippen LogP contribution in [-0.2, 0) is 11.0 Å². The highest BCUT2D eigenvalue weighted by Gasteiger charge is 2.37. The number of carbonyl (C=O) groups is 3. The summed E-state index contributed by atoms with van der Waals surface area (Å²) >= 11 is 0. The van der Waals surface area contributed by atoms with E-state index in [1.165, 1.54) is 23.1 Å². The Hall–Kier alpha value is -2.62. The number of halogens is 3. The van der Waals surface area contributed by atoms with Crippen LogP contribution in [0.4, 0.5) is 18.0 Å². The number of benzene rings is 1. The molecule has 0 bridgehead atoms. The van der Waals surface area contributed by atoms with Gasteiger partial charge in [0.15, 0.2) is 0 Å². The lowest BCUT2D eigenvalue weighted by Crippen LogP contribution is -2.56. The van der Waals surface area contributed by atoms with Crippen molar-refractivity contribution in [3.05, 3.63) is 35.4 Å². The highest BCUT2D eigenvalue weighted by Crippen LogP contribution is 2.32. The van der Waals surface area contributed by atoms with Gasteiger partial charge in [0.25, 0.3) is 5.91 Å². The second-order valence-electron chi connectivity index (χ2n) is 7.64. The maximum absolute atomic E-state index is 13.2. The molecule has 10 heteroatoms. The first kappa shape index (κ1) is 23.7. The van der Waals surface area contributed by atoms with Crippen molar-refractivity contribution in [1.82, 2.24) is 20.4 Å². The molecule has 1 fully saturated rings. The molecule has 30 heavy (non-hydrogen) atoms. The van der Waals surface area contributed by atoms with E-state index in [1.54, 1.807) is 11.8 Å². The predicted molar refractivity (Wildman–Crippen MR) is 105 cm³/mol. The fourth-order valence-corrected chi connectivity index (χ4v) is 3.12. The first-order chi connectivity index (χ1) is 14.0. The van der Waals surface area contributed by atoms with Crippen molar-refractivity contribution in [2.24, 2.45) is 5.92 Å². The number of imide groups is 1. The minimum atomic E-state index is -4.61. The van der Waals surface area contributed by atoms with E-state index in [0.717, 1.165) is 6.07 Å². The Balaban J connectivity index is 1.92. The number of piperazine rings is 1. The van der Waals surface area contributed by atoms with Gasteiger partial charge < -0.3 is 10.2 Å². The van der Waals surface area contributed by atoms with Crippen LogP contribution in [0, 0.1) is 5.92 Å². The Morgan fingerprint density at radius 3 is 2.20 bits per heavy atom. The van der Waals surface area contributed by atoms with Crippen LogP contribution >= 0.6 is 0 Å². The van der Waals surface area contributed by atoms with Crippen molar-refractivity contribution < 1.29 is 27.6 Å². The molecular formula is C20H27F3N4O3. The van der Waals surface area contributed by atoms with Crippen molar-refractivity contribution in [3.8, 4) is 0 Å². The van der Waals surface area contributed by atoms with E-state index in [9.17, 15) is 27.6 Å². The largest absolute Gasteiger partial charge is 0.417 e. The molecule has 166 valence electrons.